The van der Waals surface area contributed by atoms with Crippen molar-refractivity contribution in [2.75, 3.05) is 33.3 Å². The zero-order valence-corrected chi connectivity index (χ0v) is 11.2. The number of likely N-dealkylation sites (N-methyl/N-ethyl adjacent to an activating group) is 1. The molecule has 0 atom stereocenters. The Bertz CT molecular complexity index is 326. The molecule has 17 heavy (non-hydrogen) atoms. The largest absolute Gasteiger partial charge is 0.496 e. The van der Waals surface area contributed by atoms with Crippen molar-refractivity contribution in [3.05, 3.63) is 29.3 Å². The van der Waals surface area contributed by atoms with E-state index in [-0.39, 0.29) is 0 Å². The van der Waals surface area contributed by atoms with E-state index in [2.05, 4.69) is 36.6 Å². The van der Waals surface area contributed by atoms with Gasteiger partial charge in [-0.1, -0.05) is 19.1 Å². The first kappa shape index (κ1) is 14.0. The monoisotopic (exact) mass is 236 g/mol. The van der Waals surface area contributed by atoms with Gasteiger partial charge in [-0.25, -0.2) is 0 Å². The van der Waals surface area contributed by atoms with Gasteiger partial charge in [0, 0.05) is 13.1 Å². The molecule has 0 spiro atoms. The van der Waals surface area contributed by atoms with Crippen molar-refractivity contribution >= 4 is 0 Å². The summed E-state index contributed by atoms with van der Waals surface area (Å²) in [6, 6.07) is 6.38. The fourth-order valence-electron chi connectivity index (χ4n) is 1.81. The van der Waals surface area contributed by atoms with Gasteiger partial charge in [-0.15, -0.1) is 0 Å². The molecular weight excluding hydrogens is 212 g/mol. The van der Waals surface area contributed by atoms with E-state index in [0.29, 0.717) is 0 Å². The molecular formula is C14H24N2O. The molecule has 1 rings (SSSR count). The van der Waals surface area contributed by atoms with Gasteiger partial charge in [0.15, 0.2) is 0 Å². The average Bonchev–Trinajstić information content (AvgIpc) is 2.34. The third-order valence-electron chi connectivity index (χ3n) is 2.78. The van der Waals surface area contributed by atoms with Gasteiger partial charge < -0.3 is 15.4 Å². The van der Waals surface area contributed by atoms with Crippen LogP contribution < -0.4 is 15.4 Å². The Hall–Kier alpha value is -1.06. The fourth-order valence-corrected chi connectivity index (χ4v) is 1.81. The van der Waals surface area contributed by atoms with Crippen molar-refractivity contribution in [2.24, 2.45) is 0 Å². The maximum atomic E-state index is 5.25. The van der Waals surface area contributed by atoms with Crippen LogP contribution >= 0.6 is 0 Å². The second-order valence-corrected chi connectivity index (χ2v) is 4.16. The number of hydrogen-bond donors (Lipinski definition) is 2. The SMILES string of the molecule is CCNCCNCCc1ccc(OC)c(C)c1. The van der Waals surface area contributed by atoms with Crippen LogP contribution in [0, 0.1) is 6.92 Å². The van der Waals surface area contributed by atoms with E-state index >= 15 is 0 Å². The van der Waals surface area contributed by atoms with Crippen LogP contribution in [0.15, 0.2) is 18.2 Å². The summed E-state index contributed by atoms with van der Waals surface area (Å²) in [5.41, 5.74) is 2.57. The van der Waals surface area contributed by atoms with Crippen LogP contribution in [-0.2, 0) is 6.42 Å². The van der Waals surface area contributed by atoms with E-state index in [4.69, 9.17) is 4.74 Å². The number of aryl methyl sites for hydroxylation is 1. The number of hydrogen-bond acceptors (Lipinski definition) is 3. The van der Waals surface area contributed by atoms with Crippen LogP contribution in [0.25, 0.3) is 0 Å². The Morgan fingerprint density at radius 1 is 1.12 bits per heavy atom. The van der Waals surface area contributed by atoms with Gasteiger partial charge in [-0.2, -0.15) is 0 Å². The average molecular weight is 236 g/mol. The summed E-state index contributed by atoms with van der Waals surface area (Å²) in [5.74, 6) is 0.967. The molecule has 0 saturated carbocycles. The predicted octanol–water partition coefficient (Wildman–Crippen LogP) is 1.75. The number of methoxy groups -OCH3 is 1. The molecule has 96 valence electrons. The minimum atomic E-state index is 0.967. The van der Waals surface area contributed by atoms with Crippen molar-refractivity contribution in [1.82, 2.24) is 10.6 Å². The summed E-state index contributed by atoms with van der Waals surface area (Å²) in [4.78, 5) is 0. The highest BCUT2D eigenvalue weighted by Gasteiger charge is 1.99. The van der Waals surface area contributed by atoms with Gasteiger partial charge in [0.1, 0.15) is 5.75 Å². The van der Waals surface area contributed by atoms with Crippen molar-refractivity contribution < 1.29 is 4.74 Å². The summed E-state index contributed by atoms with van der Waals surface area (Å²) in [5, 5.41) is 6.72. The molecule has 0 saturated heterocycles. The van der Waals surface area contributed by atoms with E-state index in [0.717, 1.165) is 38.3 Å². The molecule has 0 aliphatic rings. The van der Waals surface area contributed by atoms with Gasteiger partial charge in [0.2, 0.25) is 0 Å². The van der Waals surface area contributed by atoms with Crippen LogP contribution in [0.5, 0.6) is 5.75 Å². The first-order chi connectivity index (χ1) is 8.27. The molecule has 3 heteroatoms. The van der Waals surface area contributed by atoms with Gasteiger partial charge >= 0.3 is 0 Å². The zero-order chi connectivity index (χ0) is 12.5. The van der Waals surface area contributed by atoms with Crippen molar-refractivity contribution in [1.29, 1.82) is 0 Å². The number of rotatable bonds is 8. The molecule has 2 N–H and O–H groups in total. The van der Waals surface area contributed by atoms with E-state index < -0.39 is 0 Å². The van der Waals surface area contributed by atoms with Gasteiger partial charge in [0.25, 0.3) is 0 Å². The molecule has 0 unspecified atom stereocenters. The summed E-state index contributed by atoms with van der Waals surface area (Å²) in [6.07, 6.45) is 1.07. The molecule has 0 aliphatic heterocycles. The Labute approximate surface area is 105 Å². The molecule has 1 aromatic carbocycles. The van der Waals surface area contributed by atoms with E-state index in [1.165, 1.54) is 11.1 Å². The third-order valence-corrected chi connectivity index (χ3v) is 2.78. The van der Waals surface area contributed by atoms with E-state index in [1.54, 1.807) is 7.11 Å². The van der Waals surface area contributed by atoms with Crippen LogP contribution in [0.2, 0.25) is 0 Å². The molecule has 0 amide bonds. The zero-order valence-electron chi connectivity index (χ0n) is 11.2. The predicted molar refractivity (Wildman–Crippen MR) is 72.8 cm³/mol. The summed E-state index contributed by atoms with van der Waals surface area (Å²) in [7, 11) is 1.71. The topological polar surface area (TPSA) is 33.3 Å². The van der Waals surface area contributed by atoms with Crippen LogP contribution in [0.4, 0.5) is 0 Å². The normalized spacial score (nSPS) is 10.5. The molecule has 0 heterocycles. The summed E-state index contributed by atoms with van der Waals surface area (Å²) in [6.45, 7) is 8.35. The first-order valence-corrected chi connectivity index (χ1v) is 6.33. The maximum Gasteiger partial charge on any atom is 0.121 e. The number of benzene rings is 1. The second-order valence-electron chi connectivity index (χ2n) is 4.16. The van der Waals surface area contributed by atoms with E-state index in [9.17, 15) is 0 Å². The van der Waals surface area contributed by atoms with Gasteiger partial charge in [-0.3, -0.25) is 0 Å². The number of nitrogens with one attached hydrogen (secondary N) is 2. The molecule has 0 aliphatic carbocycles. The first-order valence-electron chi connectivity index (χ1n) is 6.33. The maximum absolute atomic E-state index is 5.25. The van der Waals surface area contributed by atoms with Gasteiger partial charge in [-0.05, 0) is 43.6 Å². The van der Waals surface area contributed by atoms with Crippen LogP contribution in [0.3, 0.4) is 0 Å². The second kappa shape index (κ2) is 8.09. The summed E-state index contributed by atoms with van der Waals surface area (Å²) < 4.78 is 5.25. The Morgan fingerprint density at radius 3 is 2.53 bits per heavy atom. The van der Waals surface area contributed by atoms with Crippen molar-refractivity contribution in [3.63, 3.8) is 0 Å². The minimum absolute atomic E-state index is 0.967. The molecule has 0 bridgehead atoms. The minimum Gasteiger partial charge on any atom is -0.496 e. The van der Waals surface area contributed by atoms with Crippen LogP contribution in [0.1, 0.15) is 18.1 Å². The molecule has 3 nitrogen and oxygen atoms in total. The van der Waals surface area contributed by atoms with E-state index in [1.807, 2.05) is 6.07 Å². The lowest BCUT2D eigenvalue weighted by atomic mass is 10.1. The third kappa shape index (κ3) is 5.20. The highest BCUT2D eigenvalue weighted by Crippen LogP contribution is 2.18. The lowest BCUT2D eigenvalue weighted by molar-refractivity contribution is 0.411. The van der Waals surface area contributed by atoms with Gasteiger partial charge in [0.05, 0.1) is 7.11 Å². The molecule has 0 aromatic heterocycles. The quantitative estimate of drug-likeness (QED) is 0.675. The smallest absolute Gasteiger partial charge is 0.121 e. The summed E-state index contributed by atoms with van der Waals surface area (Å²) >= 11 is 0. The lowest BCUT2D eigenvalue weighted by Gasteiger charge is -2.08. The molecule has 0 radical (unpaired) electrons. The highest BCUT2D eigenvalue weighted by atomic mass is 16.5. The number of ether oxygens (including phenoxy) is 1. The highest BCUT2D eigenvalue weighted by molar-refractivity contribution is 5.36. The Balaban J connectivity index is 2.25. The molecule has 1 aromatic rings. The van der Waals surface area contributed by atoms with Crippen LogP contribution in [-0.4, -0.2) is 33.3 Å². The Morgan fingerprint density at radius 2 is 1.88 bits per heavy atom. The lowest BCUT2D eigenvalue weighted by Crippen LogP contribution is -2.28. The molecule has 0 fully saturated rings. The van der Waals surface area contributed by atoms with Crippen molar-refractivity contribution in [3.8, 4) is 5.75 Å². The fraction of sp³-hybridized carbons (Fsp3) is 0.571. The van der Waals surface area contributed by atoms with Crippen molar-refractivity contribution in [2.45, 2.75) is 20.3 Å². The standard InChI is InChI=1S/C14H24N2O/c1-4-15-9-10-16-8-7-13-5-6-14(17-3)12(2)11-13/h5-6,11,15-16H,4,7-10H2,1-3H3. The Kier molecular flexibility index (Phi) is 6.67.